The number of ether oxygens (including phenoxy) is 1. The van der Waals surface area contributed by atoms with Crippen LogP contribution in [-0.4, -0.2) is 11.9 Å². The molecule has 28 heavy (non-hydrogen) atoms. The van der Waals surface area contributed by atoms with Gasteiger partial charge < -0.3 is 10.5 Å². The highest BCUT2D eigenvalue weighted by Gasteiger charge is 2.14. The standard InChI is InChI=1S/C18H11Cl4N3O3/c19-12-2-1-10(13(20)6-12)8-28-16-14(21)4-9(5-15(16)22)3-11(7-23)17(26)25-18(24)27/h1-6H,8H2,(H3,24,25,26,27)/b11-3-. The van der Waals surface area contributed by atoms with E-state index in [-0.39, 0.29) is 28.0 Å². The van der Waals surface area contributed by atoms with Gasteiger partial charge in [0.15, 0.2) is 5.75 Å². The second-order valence-electron chi connectivity index (χ2n) is 5.33. The number of nitrogens with one attached hydrogen (secondary N) is 1. The molecule has 6 nitrogen and oxygen atoms in total. The first-order valence-corrected chi connectivity index (χ1v) is 9.00. The van der Waals surface area contributed by atoms with Crippen LogP contribution in [-0.2, 0) is 11.4 Å². The summed E-state index contributed by atoms with van der Waals surface area (Å²) < 4.78 is 5.64. The van der Waals surface area contributed by atoms with Crippen LogP contribution in [0.5, 0.6) is 5.75 Å². The Morgan fingerprint density at radius 2 is 1.75 bits per heavy atom. The van der Waals surface area contributed by atoms with E-state index < -0.39 is 11.9 Å². The Bertz CT molecular complexity index is 993. The fraction of sp³-hybridized carbons (Fsp3) is 0.0556. The molecule has 0 unspecified atom stereocenters. The lowest BCUT2D eigenvalue weighted by Crippen LogP contribution is -2.35. The molecule has 0 radical (unpaired) electrons. The third kappa shape index (κ3) is 5.78. The van der Waals surface area contributed by atoms with E-state index in [0.717, 1.165) is 0 Å². The summed E-state index contributed by atoms with van der Waals surface area (Å²) in [5, 5.41) is 12.1. The van der Waals surface area contributed by atoms with Gasteiger partial charge in [-0.25, -0.2) is 4.79 Å². The Morgan fingerprint density at radius 1 is 1.11 bits per heavy atom. The second kappa shape index (κ2) is 9.67. The van der Waals surface area contributed by atoms with Crippen molar-refractivity contribution in [1.82, 2.24) is 5.32 Å². The highest BCUT2D eigenvalue weighted by Crippen LogP contribution is 2.36. The van der Waals surface area contributed by atoms with Crippen molar-refractivity contribution in [2.75, 3.05) is 0 Å². The summed E-state index contributed by atoms with van der Waals surface area (Å²) in [7, 11) is 0. The number of primary amides is 1. The number of halogens is 4. The van der Waals surface area contributed by atoms with E-state index in [2.05, 4.69) is 0 Å². The van der Waals surface area contributed by atoms with Gasteiger partial charge >= 0.3 is 6.03 Å². The topological polar surface area (TPSA) is 105 Å². The summed E-state index contributed by atoms with van der Waals surface area (Å²) in [4.78, 5) is 22.5. The van der Waals surface area contributed by atoms with Crippen molar-refractivity contribution in [1.29, 1.82) is 5.26 Å². The number of hydrogen-bond donors (Lipinski definition) is 2. The average Bonchev–Trinajstić information content (AvgIpc) is 2.59. The van der Waals surface area contributed by atoms with Gasteiger partial charge in [-0.15, -0.1) is 0 Å². The zero-order valence-corrected chi connectivity index (χ0v) is 17.0. The molecule has 144 valence electrons. The highest BCUT2D eigenvalue weighted by atomic mass is 35.5. The smallest absolute Gasteiger partial charge is 0.319 e. The fourth-order valence-corrected chi connectivity index (χ4v) is 3.16. The Kier molecular flexibility index (Phi) is 7.55. The minimum atomic E-state index is -1.08. The molecule has 0 saturated heterocycles. The molecule has 10 heteroatoms. The molecule has 3 amide bonds. The van der Waals surface area contributed by atoms with Crippen molar-refractivity contribution < 1.29 is 14.3 Å². The molecular weight excluding hydrogens is 448 g/mol. The van der Waals surface area contributed by atoms with Crippen molar-refractivity contribution >= 4 is 64.4 Å². The molecule has 0 saturated carbocycles. The number of amides is 3. The van der Waals surface area contributed by atoms with E-state index in [9.17, 15) is 9.59 Å². The molecule has 0 heterocycles. The molecule has 0 bridgehead atoms. The molecule has 2 aromatic rings. The zero-order chi connectivity index (χ0) is 20.8. The van der Waals surface area contributed by atoms with Crippen molar-refractivity contribution in [3.63, 3.8) is 0 Å². The van der Waals surface area contributed by atoms with Crippen molar-refractivity contribution in [2.24, 2.45) is 5.73 Å². The van der Waals surface area contributed by atoms with Gasteiger partial charge in [0.1, 0.15) is 18.2 Å². The van der Waals surface area contributed by atoms with Gasteiger partial charge in [-0.05, 0) is 35.9 Å². The molecule has 3 N–H and O–H groups in total. The molecule has 0 atom stereocenters. The average molecular weight is 459 g/mol. The Labute approximate surface area is 180 Å². The Morgan fingerprint density at radius 3 is 2.29 bits per heavy atom. The monoisotopic (exact) mass is 457 g/mol. The normalized spacial score (nSPS) is 10.9. The maximum Gasteiger partial charge on any atom is 0.319 e. The van der Waals surface area contributed by atoms with Gasteiger partial charge in [0, 0.05) is 15.6 Å². The number of nitriles is 1. The van der Waals surface area contributed by atoms with Crippen LogP contribution < -0.4 is 15.8 Å². The summed E-state index contributed by atoms with van der Waals surface area (Å²) in [6.45, 7) is 0.0924. The first-order chi connectivity index (χ1) is 13.2. The predicted molar refractivity (Wildman–Crippen MR) is 109 cm³/mol. The highest BCUT2D eigenvalue weighted by molar-refractivity contribution is 6.37. The number of hydrogen-bond acceptors (Lipinski definition) is 4. The van der Waals surface area contributed by atoms with Gasteiger partial charge in [0.25, 0.3) is 5.91 Å². The molecule has 0 spiro atoms. The maximum atomic E-state index is 11.7. The molecule has 0 fully saturated rings. The van der Waals surface area contributed by atoms with E-state index >= 15 is 0 Å². The Balaban J connectivity index is 2.24. The van der Waals surface area contributed by atoms with Crippen LogP contribution in [0.15, 0.2) is 35.9 Å². The first-order valence-electron chi connectivity index (χ1n) is 7.49. The van der Waals surface area contributed by atoms with E-state index in [0.29, 0.717) is 21.2 Å². The molecule has 2 aromatic carbocycles. The lowest BCUT2D eigenvalue weighted by molar-refractivity contribution is -0.115. The largest absolute Gasteiger partial charge is 0.486 e. The summed E-state index contributed by atoms with van der Waals surface area (Å²) in [6, 6.07) is 8.44. The van der Waals surface area contributed by atoms with E-state index in [1.165, 1.54) is 18.2 Å². The number of benzene rings is 2. The third-order valence-electron chi connectivity index (χ3n) is 3.32. The lowest BCUT2D eigenvalue weighted by atomic mass is 10.1. The number of carbonyl (C=O) groups excluding carboxylic acids is 2. The summed E-state index contributed by atoms with van der Waals surface area (Å²) in [5.41, 5.74) is 5.54. The van der Waals surface area contributed by atoms with Crippen molar-refractivity contribution in [3.05, 3.63) is 67.1 Å². The van der Waals surface area contributed by atoms with Crippen LogP contribution in [0.4, 0.5) is 4.79 Å². The number of carbonyl (C=O) groups is 2. The summed E-state index contributed by atoms with van der Waals surface area (Å²) >= 11 is 24.4. The molecule has 0 aliphatic heterocycles. The van der Waals surface area contributed by atoms with Crippen LogP contribution in [0.1, 0.15) is 11.1 Å². The van der Waals surface area contributed by atoms with Crippen molar-refractivity contribution in [3.8, 4) is 11.8 Å². The van der Waals surface area contributed by atoms with Gasteiger partial charge in [0.05, 0.1) is 10.0 Å². The number of rotatable bonds is 5. The second-order valence-corrected chi connectivity index (χ2v) is 6.98. The third-order valence-corrected chi connectivity index (χ3v) is 4.47. The minimum absolute atomic E-state index is 0.0924. The molecular formula is C18H11Cl4N3O3. The van der Waals surface area contributed by atoms with Gasteiger partial charge in [0.2, 0.25) is 0 Å². The summed E-state index contributed by atoms with van der Waals surface area (Å²) in [5.74, 6) is -0.744. The summed E-state index contributed by atoms with van der Waals surface area (Å²) in [6.07, 6.45) is 1.20. The van der Waals surface area contributed by atoms with Gasteiger partial charge in [-0.2, -0.15) is 5.26 Å². The number of imide groups is 1. The van der Waals surface area contributed by atoms with Gasteiger partial charge in [-0.3, -0.25) is 10.1 Å². The SMILES string of the molecule is N#C/C(=C/c1cc(Cl)c(OCc2ccc(Cl)cc2Cl)c(Cl)c1)C(=O)NC(N)=O. The first kappa shape index (κ1) is 21.9. The number of nitrogens with two attached hydrogens (primary N) is 1. The van der Waals surface area contributed by atoms with Crippen LogP contribution >= 0.6 is 46.4 Å². The van der Waals surface area contributed by atoms with Crippen LogP contribution in [0.25, 0.3) is 6.08 Å². The lowest BCUT2D eigenvalue weighted by Gasteiger charge is -2.12. The minimum Gasteiger partial charge on any atom is -0.486 e. The molecule has 0 aromatic heterocycles. The molecule has 2 rings (SSSR count). The van der Waals surface area contributed by atoms with Gasteiger partial charge in [-0.1, -0.05) is 52.5 Å². The van der Waals surface area contributed by atoms with E-state index in [1.807, 2.05) is 0 Å². The van der Waals surface area contributed by atoms with Crippen molar-refractivity contribution in [2.45, 2.75) is 6.61 Å². The molecule has 0 aliphatic carbocycles. The van der Waals surface area contributed by atoms with E-state index in [1.54, 1.807) is 29.6 Å². The number of urea groups is 1. The fourth-order valence-electron chi connectivity index (χ4n) is 2.08. The van der Waals surface area contributed by atoms with Crippen LogP contribution in [0, 0.1) is 11.3 Å². The van der Waals surface area contributed by atoms with Crippen LogP contribution in [0.2, 0.25) is 20.1 Å². The maximum absolute atomic E-state index is 11.7. The zero-order valence-electron chi connectivity index (χ0n) is 13.9. The number of nitrogens with zero attached hydrogens (tertiary/aromatic N) is 1. The van der Waals surface area contributed by atoms with Crippen LogP contribution in [0.3, 0.4) is 0 Å². The van der Waals surface area contributed by atoms with E-state index in [4.69, 9.17) is 62.1 Å². The quantitative estimate of drug-likeness (QED) is 0.486. The molecule has 0 aliphatic rings. The Hall–Kier alpha value is -2.43. The predicted octanol–water partition coefficient (Wildman–Crippen LogP) is 4.98.